The third-order valence-corrected chi connectivity index (χ3v) is 2.28. The first-order valence-electron chi connectivity index (χ1n) is 4.98. The maximum absolute atomic E-state index is 11.0. The quantitative estimate of drug-likeness (QED) is 0.673. The van der Waals surface area contributed by atoms with Crippen LogP contribution in [0.25, 0.3) is 0 Å². The van der Waals surface area contributed by atoms with Crippen LogP contribution in [0.4, 0.5) is 0 Å². The van der Waals surface area contributed by atoms with Crippen LogP contribution >= 0.6 is 0 Å². The number of benzene rings is 1. The topological polar surface area (TPSA) is 47.7 Å². The first kappa shape index (κ1) is 11.2. The number of aliphatic hydroxyl groups excluding tert-OH is 1. The molecule has 1 rings (SSSR count). The van der Waals surface area contributed by atoms with Gasteiger partial charge in [-0.25, -0.2) is 0 Å². The van der Waals surface area contributed by atoms with Crippen molar-refractivity contribution >= 4 is 0 Å². The van der Waals surface area contributed by atoms with Gasteiger partial charge in [-0.05, 0) is 12.5 Å². The van der Waals surface area contributed by atoms with Crippen LogP contribution in [-0.2, 0) is 0 Å². The molecule has 0 heterocycles. The summed E-state index contributed by atoms with van der Waals surface area (Å²) < 4.78 is 0. The van der Waals surface area contributed by atoms with Gasteiger partial charge in [0.05, 0.1) is 19.2 Å². The molecule has 0 radical (unpaired) electrons. The van der Waals surface area contributed by atoms with Gasteiger partial charge in [0.15, 0.2) is 0 Å². The van der Waals surface area contributed by atoms with Crippen LogP contribution in [-0.4, -0.2) is 18.2 Å². The molecular weight excluding hydrogens is 178 g/mol. The molecule has 2 N–H and O–H groups in total. The zero-order valence-corrected chi connectivity index (χ0v) is 8.44. The van der Waals surface area contributed by atoms with Gasteiger partial charge in [0.2, 0.25) is 0 Å². The predicted molar refractivity (Wildman–Crippen MR) is 55.8 cm³/mol. The van der Waals surface area contributed by atoms with Crippen LogP contribution in [0.2, 0.25) is 0 Å². The van der Waals surface area contributed by atoms with E-state index in [1.807, 2.05) is 37.3 Å². The normalized spacial score (nSPS) is 15.1. The van der Waals surface area contributed by atoms with Crippen molar-refractivity contribution in [3.05, 3.63) is 41.1 Å². The van der Waals surface area contributed by atoms with Gasteiger partial charge in [0, 0.05) is 6.42 Å². The third-order valence-electron chi connectivity index (χ3n) is 2.28. The molecule has 0 saturated carbocycles. The molecule has 0 aliphatic carbocycles. The minimum Gasteiger partial charge on any atom is -0.634 e. The van der Waals surface area contributed by atoms with Crippen LogP contribution in [0.3, 0.4) is 0 Å². The fourth-order valence-electron chi connectivity index (χ4n) is 1.32. The summed E-state index contributed by atoms with van der Waals surface area (Å²) in [6.07, 6.45) is 0.0168. The molecule has 0 aliphatic heterocycles. The summed E-state index contributed by atoms with van der Waals surface area (Å²) in [4.78, 5) is 0. The van der Waals surface area contributed by atoms with Crippen LogP contribution < -0.4 is 5.06 Å². The number of hydrogen-bond donors (Lipinski definition) is 2. The Bertz CT molecular complexity index is 251. The smallest absolute Gasteiger partial charge is 0.0843 e. The fourth-order valence-corrected chi connectivity index (χ4v) is 1.32. The highest BCUT2D eigenvalue weighted by atomic mass is 16.5. The maximum atomic E-state index is 11.0. The molecule has 78 valence electrons. The lowest BCUT2D eigenvalue weighted by atomic mass is 10.1. The van der Waals surface area contributed by atoms with Crippen molar-refractivity contribution in [2.45, 2.75) is 19.4 Å². The van der Waals surface area contributed by atoms with Crippen molar-refractivity contribution < 1.29 is 10.2 Å². The summed E-state index contributed by atoms with van der Waals surface area (Å²) in [6, 6.07) is 9.44. The largest absolute Gasteiger partial charge is 0.634 e. The van der Waals surface area contributed by atoms with Crippen LogP contribution in [0, 0.1) is 5.21 Å². The van der Waals surface area contributed by atoms with Gasteiger partial charge in [-0.1, -0.05) is 30.3 Å². The molecule has 0 bridgehead atoms. The lowest BCUT2D eigenvalue weighted by Crippen LogP contribution is -3.06. The summed E-state index contributed by atoms with van der Waals surface area (Å²) in [5.41, 5.74) is 0.886. The van der Waals surface area contributed by atoms with Gasteiger partial charge >= 0.3 is 0 Å². The number of aliphatic hydroxyl groups is 1. The van der Waals surface area contributed by atoms with Gasteiger partial charge < -0.3 is 15.4 Å². The second-order valence-electron chi connectivity index (χ2n) is 3.36. The predicted octanol–water partition coefficient (Wildman–Crippen LogP) is 0.513. The number of hydrogen-bond acceptors (Lipinski definition) is 2. The Kier molecular flexibility index (Phi) is 4.59. The molecule has 0 fully saturated rings. The number of hydroxylamine groups is 2. The Morgan fingerprint density at radius 2 is 2.00 bits per heavy atom. The molecule has 2 atom stereocenters. The molecule has 14 heavy (non-hydrogen) atoms. The van der Waals surface area contributed by atoms with E-state index in [9.17, 15) is 10.3 Å². The minimum absolute atomic E-state index is 0.208. The highest BCUT2D eigenvalue weighted by Crippen LogP contribution is 2.14. The summed E-state index contributed by atoms with van der Waals surface area (Å²) in [7, 11) is 0. The molecule has 1 aromatic rings. The van der Waals surface area contributed by atoms with Crippen molar-refractivity contribution in [1.82, 2.24) is 0 Å². The summed E-state index contributed by atoms with van der Waals surface area (Å²) >= 11 is 0. The molecule has 3 heteroatoms. The number of nitrogens with one attached hydrogen (secondary N) is 1. The number of quaternary nitrogens is 1. The molecule has 0 aliphatic rings. The lowest BCUT2D eigenvalue weighted by molar-refractivity contribution is -0.846. The molecule has 0 amide bonds. The van der Waals surface area contributed by atoms with E-state index < -0.39 is 6.10 Å². The highest BCUT2D eigenvalue weighted by molar-refractivity contribution is 5.16. The Morgan fingerprint density at radius 1 is 1.36 bits per heavy atom. The molecule has 0 saturated heterocycles. The highest BCUT2D eigenvalue weighted by Gasteiger charge is 2.07. The van der Waals surface area contributed by atoms with Crippen LogP contribution in [0.1, 0.15) is 25.0 Å². The van der Waals surface area contributed by atoms with E-state index in [-0.39, 0.29) is 5.06 Å². The van der Waals surface area contributed by atoms with Gasteiger partial charge in [0.25, 0.3) is 0 Å². The summed E-state index contributed by atoms with van der Waals surface area (Å²) in [5.74, 6) is 0. The van der Waals surface area contributed by atoms with E-state index in [0.29, 0.717) is 19.5 Å². The van der Waals surface area contributed by atoms with E-state index in [1.54, 1.807) is 0 Å². The summed E-state index contributed by atoms with van der Waals surface area (Å²) in [5, 5.41) is 21.0. The van der Waals surface area contributed by atoms with Crippen molar-refractivity contribution in [2.75, 3.05) is 13.1 Å². The second-order valence-corrected chi connectivity index (χ2v) is 3.36. The van der Waals surface area contributed by atoms with Crippen molar-refractivity contribution in [3.63, 3.8) is 0 Å². The Hall–Kier alpha value is -0.900. The van der Waals surface area contributed by atoms with Gasteiger partial charge in [-0.15, -0.1) is 0 Å². The maximum Gasteiger partial charge on any atom is 0.0843 e. The monoisotopic (exact) mass is 195 g/mol. The lowest BCUT2D eigenvalue weighted by Gasteiger charge is -2.21. The van der Waals surface area contributed by atoms with Gasteiger partial charge in [-0.3, -0.25) is 0 Å². The first-order valence-corrected chi connectivity index (χ1v) is 4.98. The second kappa shape index (κ2) is 5.75. The average Bonchev–Trinajstić information content (AvgIpc) is 2.26. The van der Waals surface area contributed by atoms with E-state index >= 15 is 0 Å². The Labute approximate surface area is 84.6 Å². The molecule has 0 aromatic heterocycles. The minimum atomic E-state index is -0.508. The average molecular weight is 195 g/mol. The zero-order valence-electron chi connectivity index (χ0n) is 8.44. The Balaban J connectivity index is 2.39. The SMILES string of the molecule is CC[NH+]([O-])CCC(O)c1ccccc1. The van der Waals surface area contributed by atoms with Crippen LogP contribution in [0.5, 0.6) is 0 Å². The molecule has 0 spiro atoms. The van der Waals surface area contributed by atoms with Crippen molar-refractivity contribution in [1.29, 1.82) is 0 Å². The molecular formula is C11H17NO2. The third kappa shape index (κ3) is 3.46. The standard InChI is InChI=1S/C11H17NO2/c1-2-12(14)9-8-11(13)10-6-4-3-5-7-10/h3-7,11-13H,2,8-9H2,1H3. The molecule has 1 aromatic carbocycles. The fraction of sp³-hybridized carbons (Fsp3) is 0.455. The van der Waals surface area contributed by atoms with Gasteiger partial charge in [0.1, 0.15) is 0 Å². The molecule has 3 nitrogen and oxygen atoms in total. The Morgan fingerprint density at radius 3 is 2.57 bits per heavy atom. The zero-order chi connectivity index (χ0) is 10.4. The van der Waals surface area contributed by atoms with Crippen molar-refractivity contribution in [3.8, 4) is 0 Å². The van der Waals surface area contributed by atoms with E-state index in [4.69, 9.17) is 0 Å². The van der Waals surface area contributed by atoms with Crippen molar-refractivity contribution in [2.24, 2.45) is 0 Å². The molecule has 2 unspecified atom stereocenters. The van der Waals surface area contributed by atoms with E-state index in [0.717, 1.165) is 5.56 Å². The number of rotatable bonds is 5. The van der Waals surface area contributed by atoms with Crippen LogP contribution in [0.15, 0.2) is 30.3 Å². The summed E-state index contributed by atoms with van der Waals surface area (Å²) in [6.45, 7) is 2.87. The van der Waals surface area contributed by atoms with E-state index in [2.05, 4.69) is 0 Å². The van der Waals surface area contributed by atoms with E-state index in [1.165, 1.54) is 0 Å². The first-order chi connectivity index (χ1) is 6.74. The van der Waals surface area contributed by atoms with Gasteiger partial charge in [-0.2, -0.15) is 0 Å².